The fourth-order valence-corrected chi connectivity index (χ4v) is 4.10. The second-order valence-electron chi connectivity index (χ2n) is 7.15. The van der Waals surface area contributed by atoms with Crippen LogP contribution in [0.5, 0.6) is 0 Å². The van der Waals surface area contributed by atoms with Gasteiger partial charge in [-0.1, -0.05) is 64.7 Å². The molecule has 0 aromatic carbocycles. The smallest absolute Gasteiger partial charge is 0.00150 e. The van der Waals surface area contributed by atoms with Crippen LogP contribution in [0.3, 0.4) is 0 Å². The van der Waals surface area contributed by atoms with E-state index in [-0.39, 0.29) is 0 Å². The molecule has 2 fully saturated rings. The first-order chi connectivity index (χ1) is 9.37. The van der Waals surface area contributed by atoms with Crippen LogP contribution in [0.4, 0.5) is 0 Å². The number of hydrogen-bond acceptors (Lipinski definition) is 1. The highest BCUT2D eigenvalue weighted by molar-refractivity contribution is 5.02. The third kappa shape index (κ3) is 5.10. The molecule has 0 radical (unpaired) electrons. The number of nitrogens with one attached hydrogen (secondary N) is 1. The summed E-state index contributed by atoms with van der Waals surface area (Å²) in [6.07, 6.45) is 19.4. The van der Waals surface area contributed by atoms with Gasteiger partial charge in [0, 0.05) is 0 Å². The van der Waals surface area contributed by atoms with E-state index in [1.807, 2.05) is 0 Å². The largest absolute Gasteiger partial charge is 0.316 e. The Labute approximate surface area is 120 Å². The van der Waals surface area contributed by atoms with Gasteiger partial charge in [-0.3, -0.25) is 0 Å². The normalized spacial score (nSPS) is 28.6. The van der Waals surface area contributed by atoms with Crippen LogP contribution in [0, 0.1) is 11.3 Å². The molecule has 2 rings (SSSR count). The molecule has 2 aliphatic rings. The van der Waals surface area contributed by atoms with E-state index in [0.29, 0.717) is 0 Å². The Bertz CT molecular complexity index is 224. The van der Waals surface area contributed by atoms with Crippen molar-refractivity contribution in [3.05, 3.63) is 0 Å². The standard InChI is InChI=1S/C18H35N/c1-2-14-19-16-17-15-18(17)12-10-8-6-4-3-5-7-9-11-13-18/h17,19H,2-16H2,1H3. The van der Waals surface area contributed by atoms with Crippen molar-refractivity contribution in [3.63, 3.8) is 0 Å². The summed E-state index contributed by atoms with van der Waals surface area (Å²) in [5, 5.41) is 3.65. The highest BCUT2D eigenvalue weighted by atomic mass is 14.9. The van der Waals surface area contributed by atoms with E-state index in [4.69, 9.17) is 0 Å². The van der Waals surface area contributed by atoms with Gasteiger partial charge >= 0.3 is 0 Å². The molecule has 2 aliphatic carbocycles. The fraction of sp³-hybridized carbons (Fsp3) is 1.00. The molecule has 19 heavy (non-hydrogen) atoms. The summed E-state index contributed by atoms with van der Waals surface area (Å²) in [6, 6.07) is 0. The molecule has 0 heterocycles. The lowest BCUT2D eigenvalue weighted by Crippen LogP contribution is -2.20. The molecule has 0 aliphatic heterocycles. The molecule has 1 unspecified atom stereocenters. The highest BCUT2D eigenvalue weighted by Gasteiger charge is 2.51. The molecule has 1 spiro atoms. The summed E-state index contributed by atoms with van der Waals surface area (Å²) in [4.78, 5) is 0. The zero-order chi connectivity index (χ0) is 13.4. The summed E-state index contributed by atoms with van der Waals surface area (Å²) in [6.45, 7) is 4.78. The third-order valence-corrected chi connectivity index (χ3v) is 5.53. The average Bonchev–Trinajstić information content (AvgIpc) is 3.08. The molecular formula is C18H35N. The van der Waals surface area contributed by atoms with Crippen molar-refractivity contribution in [1.82, 2.24) is 5.32 Å². The van der Waals surface area contributed by atoms with Gasteiger partial charge in [0.1, 0.15) is 0 Å². The lowest BCUT2D eigenvalue weighted by atomic mass is 9.88. The first-order valence-electron chi connectivity index (χ1n) is 9.08. The highest BCUT2D eigenvalue weighted by Crippen LogP contribution is 2.59. The Hall–Kier alpha value is -0.0400. The molecule has 1 atom stereocenters. The van der Waals surface area contributed by atoms with Gasteiger partial charge in [-0.25, -0.2) is 0 Å². The van der Waals surface area contributed by atoms with E-state index in [1.54, 1.807) is 0 Å². The lowest BCUT2D eigenvalue weighted by Gasteiger charge is -2.19. The van der Waals surface area contributed by atoms with Gasteiger partial charge in [0.15, 0.2) is 0 Å². The molecule has 0 bridgehead atoms. The van der Waals surface area contributed by atoms with Gasteiger partial charge in [-0.05, 0) is 50.1 Å². The van der Waals surface area contributed by atoms with Crippen LogP contribution in [0.2, 0.25) is 0 Å². The Morgan fingerprint density at radius 1 is 0.842 bits per heavy atom. The van der Waals surface area contributed by atoms with Crippen LogP contribution < -0.4 is 5.32 Å². The van der Waals surface area contributed by atoms with Crippen molar-refractivity contribution in [1.29, 1.82) is 0 Å². The molecule has 1 heteroatoms. The van der Waals surface area contributed by atoms with E-state index < -0.39 is 0 Å². The molecule has 112 valence electrons. The molecule has 0 aromatic heterocycles. The SMILES string of the molecule is CCCNCC1CC12CCCCCCCCCCC2. The fourth-order valence-electron chi connectivity index (χ4n) is 4.10. The van der Waals surface area contributed by atoms with Crippen LogP contribution in [0.1, 0.15) is 90.4 Å². The van der Waals surface area contributed by atoms with Gasteiger partial charge in [0.2, 0.25) is 0 Å². The van der Waals surface area contributed by atoms with Gasteiger partial charge in [0.25, 0.3) is 0 Å². The van der Waals surface area contributed by atoms with Crippen molar-refractivity contribution in [2.45, 2.75) is 90.4 Å². The molecule has 0 amide bonds. The van der Waals surface area contributed by atoms with Gasteiger partial charge in [-0.15, -0.1) is 0 Å². The maximum atomic E-state index is 3.65. The summed E-state index contributed by atoms with van der Waals surface area (Å²) >= 11 is 0. The van der Waals surface area contributed by atoms with E-state index in [1.165, 1.54) is 96.6 Å². The third-order valence-electron chi connectivity index (χ3n) is 5.53. The Kier molecular flexibility index (Phi) is 6.70. The minimum absolute atomic E-state index is 0.778. The average molecular weight is 265 g/mol. The first-order valence-corrected chi connectivity index (χ1v) is 9.08. The van der Waals surface area contributed by atoms with Crippen LogP contribution in [-0.2, 0) is 0 Å². The Morgan fingerprint density at radius 3 is 1.89 bits per heavy atom. The van der Waals surface area contributed by atoms with Gasteiger partial charge in [-0.2, -0.15) is 0 Å². The van der Waals surface area contributed by atoms with Gasteiger partial charge in [0.05, 0.1) is 0 Å². The Balaban J connectivity index is 1.73. The van der Waals surface area contributed by atoms with Crippen molar-refractivity contribution in [2.24, 2.45) is 11.3 Å². The Morgan fingerprint density at radius 2 is 1.37 bits per heavy atom. The minimum Gasteiger partial charge on any atom is -0.316 e. The zero-order valence-electron chi connectivity index (χ0n) is 13.2. The number of hydrogen-bond donors (Lipinski definition) is 1. The summed E-state index contributed by atoms with van der Waals surface area (Å²) in [5.74, 6) is 1.02. The molecule has 0 saturated heterocycles. The lowest BCUT2D eigenvalue weighted by molar-refractivity contribution is 0.339. The van der Waals surface area contributed by atoms with Crippen LogP contribution >= 0.6 is 0 Å². The second kappa shape index (κ2) is 8.29. The summed E-state index contributed by atoms with van der Waals surface area (Å²) in [5.41, 5.74) is 0.778. The number of rotatable bonds is 4. The van der Waals surface area contributed by atoms with Crippen molar-refractivity contribution in [3.8, 4) is 0 Å². The van der Waals surface area contributed by atoms with E-state index in [2.05, 4.69) is 12.2 Å². The van der Waals surface area contributed by atoms with Gasteiger partial charge < -0.3 is 5.32 Å². The van der Waals surface area contributed by atoms with Crippen molar-refractivity contribution >= 4 is 0 Å². The monoisotopic (exact) mass is 265 g/mol. The van der Waals surface area contributed by atoms with Crippen LogP contribution in [0.25, 0.3) is 0 Å². The van der Waals surface area contributed by atoms with Crippen LogP contribution in [-0.4, -0.2) is 13.1 Å². The van der Waals surface area contributed by atoms with Crippen molar-refractivity contribution < 1.29 is 0 Å². The van der Waals surface area contributed by atoms with E-state index in [0.717, 1.165) is 11.3 Å². The zero-order valence-corrected chi connectivity index (χ0v) is 13.2. The summed E-state index contributed by atoms with van der Waals surface area (Å²) in [7, 11) is 0. The molecule has 1 N–H and O–H groups in total. The molecule has 2 saturated carbocycles. The maximum absolute atomic E-state index is 3.65. The van der Waals surface area contributed by atoms with E-state index in [9.17, 15) is 0 Å². The molecular weight excluding hydrogens is 230 g/mol. The van der Waals surface area contributed by atoms with E-state index >= 15 is 0 Å². The van der Waals surface area contributed by atoms with Crippen molar-refractivity contribution in [2.75, 3.05) is 13.1 Å². The predicted octanol–water partition coefficient (Wildman–Crippen LogP) is 5.30. The van der Waals surface area contributed by atoms with Crippen LogP contribution in [0.15, 0.2) is 0 Å². The summed E-state index contributed by atoms with van der Waals surface area (Å²) < 4.78 is 0. The second-order valence-corrected chi connectivity index (χ2v) is 7.15. The quantitative estimate of drug-likeness (QED) is 0.680. The molecule has 0 aromatic rings. The minimum atomic E-state index is 0.778. The molecule has 1 nitrogen and oxygen atoms in total. The first kappa shape index (κ1) is 15.4. The topological polar surface area (TPSA) is 12.0 Å². The maximum Gasteiger partial charge on any atom is -0.00150 e. The predicted molar refractivity (Wildman–Crippen MR) is 84.5 cm³/mol.